The van der Waals surface area contributed by atoms with E-state index in [1.54, 1.807) is 35.6 Å². The topological polar surface area (TPSA) is 71.9 Å². The number of carbonyl (C=O) groups excluding carboxylic acids is 2. The number of amides is 2. The standard InChI is InChI=1S/C21H27N3O3S/c1-2-22-21(26)16-6-3-7-17(12-16)23-20(25)15-24(13-18-8-4-10-27-18)14-19-9-5-11-28-19/h3,5-7,9,11-12,18H,2,4,8,10,13-15H2,1H3,(H,22,26)(H,23,25)/p+1/t18-/m1/s1. The predicted octanol–water partition coefficient (Wildman–Crippen LogP) is 1.70. The van der Waals surface area contributed by atoms with Crippen LogP contribution in [0.5, 0.6) is 0 Å². The summed E-state index contributed by atoms with van der Waals surface area (Å²) >= 11 is 1.71. The molecule has 1 unspecified atom stereocenters. The summed E-state index contributed by atoms with van der Waals surface area (Å²) in [6.07, 6.45) is 2.38. The number of carbonyl (C=O) groups is 2. The van der Waals surface area contributed by atoms with Gasteiger partial charge in [0.25, 0.3) is 11.8 Å². The number of rotatable bonds is 9. The van der Waals surface area contributed by atoms with E-state index in [0.717, 1.165) is 32.5 Å². The Labute approximate surface area is 169 Å². The van der Waals surface area contributed by atoms with Crippen LogP contribution in [0.25, 0.3) is 0 Å². The molecule has 3 rings (SSSR count). The van der Waals surface area contributed by atoms with Crippen molar-refractivity contribution >= 4 is 28.8 Å². The van der Waals surface area contributed by atoms with Crippen LogP contribution in [0.1, 0.15) is 35.0 Å². The van der Waals surface area contributed by atoms with Crippen LogP contribution in [0.15, 0.2) is 41.8 Å². The molecular formula is C21H28N3O3S+. The van der Waals surface area contributed by atoms with Crippen molar-refractivity contribution < 1.29 is 19.2 Å². The second-order valence-electron chi connectivity index (χ2n) is 7.01. The van der Waals surface area contributed by atoms with E-state index in [4.69, 9.17) is 4.74 Å². The Balaban J connectivity index is 1.61. The van der Waals surface area contributed by atoms with Gasteiger partial charge in [0, 0.05) is 24.4 Å². The van der Waals surface area contributed by atoms with E-state index in [1.165, 1.54) is 9.78 Å². The molecule has 1 aliphatic rings. The minimum atomic E-state index is -0.137. The fourth-order valence-corrected chi connectivity index (χ4v) is 4.20. The van der Waals surface area contributed by atoms with Crippen molar-refractivity contribution in [1.29, 1.82) is 0 Å². The average Bonchev–Trinajstić information content (AvgIpc) is 3.36. The molecule has 0 aliphatic carbocycles. The Kier molecular flexibility index (Phi) is 7.59. The molecule has 1 aromatic carbocycles. The zero-order valence-corrected chi connectivity index (χ0v) is 17.0. The van der Waals surface area contributed by atoms with Crippen LogP contribution in [0.3, 0.4) is 0 Å². The van der Waals surface area contributed by atoms with Gasteiger partial charge >= 0.3 is 0 Å². The molecule has 1 fully saturated rings. The summed E-state index contributed by atoms with van der Waals surface area (Å²) in [6, 6.07) is 11.2. The molecule has 1 aromatic heterocycles. The van der Waals surface area contributed by atoms with Crippen LogP contribution in [0.2, 0.25) is 0 Å². The lowest BCUT2D eigenvalue weighted by Crippen LogP contribution is -3.12. The predicted molar refractivity (Wildman–Crippen MR) is 111 cm³/mol. The fourth-order valence-electron chi connectivity index (χ4n) is 3.43. The summed E-state index contributed by atoms with van der Waals surface area (Å²) in [5.41, 5.74) is 1.18. The van der Waals surface area contributed by atoms with Gasteiger partial charge in [-0.1, -0.05) is 12.1 Å². The highest BCUT2D eigenvalue weighted by Crippen LogP contribution is 2.12. The number of ether oxygens (including phenoxy) is 1. The first-order chi connectivity index (χ1) is 13.6. The molecule has 0 saturated carbocycles. The van der Waals surface area contributed by atoms with Gasteiger partial charge in [-0.15, -0.1) is 11.3 Å². The van der Waals surface area contributed by atoms with Crippen molar-refractivity contribution in [3.05, 3.63) is 52.2 Å². The lowest BCUT2D eigenvalue weighted by molar-refractivity contribution is -0.908. The number of benzene rings is 1. The minimum Gasteiger partial charge on any atom is -0.372 e. The quantitative estimate of drug-likeness (QED) is 0.598. The van der Waals surface area contributed by atoms with Crippen molar-refractivity contribution in [2.75, 3.05) is 31.6 Å². The Morgan fingerprint density at radius 3 is 2.89 bits per heavy atom. The lowest BCUT2D eigenvalue weighted by Gasteiger charge is -2.21. The van der Waals surface area contributed by atoms with E-state index < -0.39 is 0 Å². The molecule has 7 heteroatoms. The molecule has 150 valence electrons. The summed E-state index contributed by atoms with van der Waals surface area (Å²) < 4.78 is 5.77. The fraction of sp³-hybridized carbons (Fsp3) is 0.429. The van der Waals surface area contributed by atoms with Gasteiger partial charge in [0.05, 0.1) is 4.88 Å². The molecule has 0 bridgehead atoms. The number of thiophene rings is 1. The number of nitrogens with one attached hydrogen (secondary N) is 3. The normalized spacial score (nSPS) is 17.2. The second kappa shape index (κ2) is 10.4. The molecule has 6 nitrogen and oxygen atoms in total. The van der Waals surface area contributed by atoms with E-state index in [0.29, 0.717) is 24.3 Å². The first-order valence-electron chi connectivity index (χ1n) is 9.79. The molecule has 2 atom stereocenters. The van der Waals surface area contributed by atoms with E-state index in [9.17, 15) is 9.59 Å². The van der Waals surface area contributed by atoms with Crippen molar-refractivity contribution in [2.45, 2.75) is 32.4 Å². The summed E-state index contributed by atoms with van der Waals surface area (Å²) in [5.74, 6) is -0.195. The van der Waals surface area contributed by atoms with Crippen LogP contribution in [-0.2, 0) is 16.1 Å². The second-order valence-corrected chi connectivity index (χ2v) is 8.04. The Morgan fingerprint density at radius 2 is 2.18 bits per heavy atom. The molecular weight excluding hydrogens is 374 g/mol. The largest absolute Gasteiger partial charge is 0.372 e. The minimum absolute atomic E-state index is 0.0578. The Hall–Kier alpha value is -2.22. The van der Waals surface area contributed by atoms with Gasteiger partial charge in [-0.25, -0.2) is 0 Å². The van der Waals surface area contributed by atoms with Crippen molar-refractivity contribution in [3.63, 3.8) is 0 Å². The van der Waals surface area contributed by atoms with E-state index >= 15 is 0 Å². The summed E-state index contributed by atoms with van der Waals surface area (Å²) in [5, 5.41) is 7.77. The third kappa shape index (κ3) is 6.15. The highest BCUT2D eigenvalue weighted by atomic mass is 32.1. The number of hydrogen-bond donors (Lipinski definition) is 3. The third-order valence-corrected chi connectivity index (χ3v) is 5.58. The summed E-state index contributed by atoms with van der Waals surface area (Å²) in [6.45, 7) is 5.26. The maximum atomic E-state index is 12.7. The molecule has 2 amide bonds. The van der Waals surface area contributed by atoms with Crippen LogP contribution in [0.4, 0.5) is 5.69 Å². The van der Waals surface area contributed by atoms with E-state index in [-0.39, 0.29) is 17.9 Å². The maximum absolute atomic E-state index is 12.7. The molecule has 1 saturated heterocycles. The van der Waals surface area contributed by atoms with Gasteiger partial charge in [0.15, 0.2) is 6.54 Å². The molecule has 2 heterocycles. The Morgan fingerprint density at radius 1 is 1.29 bits per heavy atom. The summed E-state index contributed by atoms with van der Waals surface area (Å²) in [7, 11) is 0. The van der Waals surface area contributed by atoms with Crippen molar-refractivity contribution in [2.24, 2.45) is 0 Å². The molecule has 28 heavy (non-hydrogen) atoms. The van der Waals surface area contributed by atoms with Gasteiger partial charge < -0.3 is 20.3 Å². The Bertz CT molecular complexity index is 773. The first kappa shape index (κ1) is 20.5. The van der Waals surface area contributed by atoms with Gasteiger partial charge in [-0.3, -0.25) is 9.59 Å². The average molecular weight is 403 g/mol. The monoisotopic (exact) mass is 402 g/mol. The lowest BCUT2D eigenvalue weighted by atomic mass is 10.2. The van der Waals surface area contributed by atoms with Crippen molar-refractivity contribution in [1.82, 2.24) is 5.32 Å². The van der Waals surface area contributed by atoms with Crippen LogP contribution in [0, 0.1) is 0 Å². The maximum Gasteiger partial charge on any atom is 0.279 e. The SMILES string of the molecule is CCNC(=O)c1cccc(NC(=O)C[NH+](Cc2cccs2)C[C@H]2CCCO2)c1. The third-order valence-electron chi connectivity index (χ3n) is 4.70. The van der Waals surface area contributed by atoms with Gasteiger partial charge in [0.2, 0.25) is 0 Å². The summed E-state index contributed by atoms with van der Waals surface area (Å²) in [4.78, 5) is 27.1. The number of quaternary nitrogens is 1. The molecule has 2 aromatic rings. The smallest absolute Gasteiger partial charge is 0.279 e. The van der Waals surface area contributed by atoms with Crippen LogP contribution in [-0.4, -0.2) is 44.2 Å². The highest BCUT2D eigenvalue weighted by Gasteiger charge is 2.24. The molecule has 0 radical (unpaired) electrons. The van der Waals surface area contributed by atoms with Gasteiger partial charge in [0.1, 0.15) is 19.2 Å². The first-order valence-corrected chi connectivity index (χ1v) is 10.7. The number of anilines is 1. The molecule has 0 spiro atoms. The van der Waals surface area contributed by atoms with Gasteiger partial charge in [-0.05, 0) is 49.4 Å². The number of hydrogen-bond acceptors (Lipinski definition) is 4. The highest BCUT2D eigenvalue weighted by molar-refractivity contribution is 7.09. The van der Waals surface area contributed by atoms with E-state index in [2.05, 4.69) is 22.1 Å². The van der Waals surface area contributed by atoms with Crippen LogP contribution >= 0.6 is 11.3 Å². The zero-order chi connectivity index (χ0) is 19.8. The molecule has 3 N–H and O–H groups in total. The van der Waals surface area contributed by atoms with Crippen molar-refractivity contribution in [3.8, 4) is 0 Å². The van der Waals surface area contributed by atoms with Crippen LogP contribution < -0.4 is 15.5 Å². The van der Waals surface area contributed by atoms with Gasteiger partial charge in [-0.2, -0.15) is 0 Å². The van der Waals surface area contributed by atoms with E-state index in [1.807, 2.05) is 13.0 Å². The zero-order valence-electron chi connectivity index (χ0n) is 16.2. The molecule has 1 aliphatic heterocycles.